The van der Waals surface area contributed by atoms with E-state index in [-0.39, 0.29) is 24.1 Å². The summed E-state index contributed by atoms with van der Waals surface area (Å²) >= 11 is 1.48. The predicted octanol–water partition coefficient (Wildman–Crippen LogP) is 1.41. The standard InChI is InChI=1S/C19H16N6O3S/c26-18-5-4-17(24-7-1-6-21-24)23-25(18)15-10-28-9-14(15)22-19(27)12-2-3-13-16(8-12)29-11-20-13/h1-8,11,14-15H,9-10H2,(H,22,27). The molecule has 10 heteroatoms. The summed E-state index contributed by atoms with van der Waals surface area (Å²) in [6.45, 7) is 0.591. The van der Waals surface area contributed by atoms with Crippen LogP contribution in [0.25, 0.3) is 16.0 Å². The molecule has 0 saturated carbocycles. The summed E-state index contributed by atoms with van der Waals surface area (Å²) in [5.41, 5.74) is 2.89. The number of benzene rings is 1. The van der Waals surface area contributed by atoms with Crippen LogP contribution in [-0.2, 0) is 4.74 Å². The van der Waals surface area contributed by atoms with Gasteiger partial charge in [-0.1, -0.05) is 0 Å². The van der Waals surface area contributed by atoms with Gasteiger partial charge in [-0.15, -0.1) is 16.4 Å². The van der Waals surface area contributed by atoms with E-state index < -0.39 is 6.04 Å². The second-order valence-electron chi connectivity index (χ2n) is 6.64. The van der Waals surface area contributed by atoms with Crippen molar-refractivity contribution in [2.24, 2.45) is 0 Å². The third-order valence-corrected chi connectivity index (χ3v) is 5.62. The highest BCUT2D eigenvalue weighted by atomic mass is 32.1. The smallest absolute Gasteiger partial charge is 0.267 e. The molecule has 1 saturated heterocycles. The Morgan fingerprint density at radius 1 is 1.24 bits per heavy atom. The number of hydrogen-bond donors (Lipinski definition) is 1. The third kappa shape index (κ3) is 3.32. The lowest BCUT2D eigenvalue weighted by molar-refractivity contribution is 0.0925. The molecule has 4 heterocycles. The summed E-state index contributed by atoms with van der Waals surface area (Å²) in [6, 6.07) is 9.42. The third-order valence-electron chi connectivity index (χ3n) is 4.82. The highest BCUT2D eigenvalue weighted by Crippen LogP contribution is 2.21. The lowest BCUT2D eigenvalue weighted by atomic mass is 10.1. The van der Waals surface area contributed by atoms with Crippen molar-refractivity contribution in [3.63, 3.8) is 0 Å². The van der Waals surface area contributed by atoms with Crippen LogP contribution in [0.4, 0.5) is 0 Å². The highest BCUT2D eigenvalue weighted by Gasteiger charge is 2.33. The second kappa shape index (κ2) is 7.22. The van der Waals surface area contributed by atoms with Gasteiger partial charge in [0, 0.05) is 24.0 Å². The van der Waals surface area contributed by atoms with Gasteiger partial charge in [0.05, 0.1) is 35.0 Å². The predicted molar refractivity (Wildman–Crippen MR) is 106 cm³/mol. The van der Waals surface area contributed by atoms with Crippen molar-refractivity contribution in [1.82, 2.24) is 29.9 Å². The molecule has 1 aliphatic heterocycles. The number of nitrogens with zero attached hydrogens (tertiary/aromatic N) is 5. The van der Waals surface area contributed by atoms with E-state index in [1.54, 1.807) is 40.8 Å². The molecule has 29 heavy (non-hydrogen) atoms. The van der Waals surface area contributed by atoms with E-state index in [1.165, 1.54) is 22.1 Å². The molecular weight excluding hydrogens is 392 g/mol. The van der Waals surface area contributed by atoms with Gasteiger partial charge in [0.15, 0.2) is 5.82 Å². The average Bonchev–Trinajstić information content (AvgIpc) is 3.49. The van der Waals surface area contributed by atoms with E-state index in [0.29, 0.717) is 18.0 Å². The molecule has 9 nitrogen and oxygen atoms in total. The van der Waals surface area contributed by atoms with Crippen LogP contribution in [0, 0.1) is 0 Å². The van der Waals surface area contributed by atoms with Crippen LogP contribution in [0.2, 0.25) is 0 Å². The Bertz CT molecular complexity index is 1230. The SMILES string of the molecule is O=C(NC1COCC1n1nc(-n2cccn2)ccc1=O)c1ccc2ncsc2c1. The molecule has 4 aromatic rings. The van der Waals surface area contributed by atoms with Crippen LogP contribution in [0.15, 0.2) is 59.1 Å². The van der Waals surface area contributed by atoms with Crippen molar-refractivity contribution in [1.29, 1.82) is 0 Å². The summed E-state index contributed by atoms with van der Waals surface area (Å²) in [7, 11) is 0. The monoisotopic (exact) mass is 408 g/mol. The van der Waals surface area contributed by atoms with Crippen molar-refractivity contribution in [2.45, 2.75) is 12.1 Å². The molecule has 1 fully saturated rings. The van der Waals surface area contributed by atoms with Gasteiger partial charge in [-0.05, 0) is 30.3 Å². The maximum atomic E-state index is 12.8. The Morgan fingerprint density at radius 3 is 3.03 bits per heavy atom. The van der Waals surface area contributed by atoms with Gasteiger partial charge in [-0.3, -0.25) is 9.59 Å². The highest BCUT2D eigenvalue weighted by molar-refractivity contribution is 7.16. The largest absolute Gasteiger partial charge is 0.377 e. The van der Waals surface area contributed by atoms with Crippen molar-refractivity contribution in [3.05, 3.63) is 70.2 Å². The molecule has 1 N–H and O–H groups in total. The number of hydrogen-bond acceptors (Lipinski definition) is 7. The van der Waals surface area contributed by atoms with Crippen LogP contribution >= 0.6 is 11.3 Å². The minimum absolute atomic E-state index is 0.225. The van der Waals surface area contributed by atoms with Gasteiger partial charge >= 0.3 is 0 Å². The Hall–Kier alpha value is -3.37. The van der Waals surface area contributed by atoms with Crippen LogP contribution in [0.5, 0.6) is 0 Å². The first kappa shape index (κ1) is 17.7. The topological polar surface area (TPSA) is 104 Å². The van der Waals surface area contributed by atoms with Gasteiger partial charge in [-0.25, -0.2) is 14.3 Å². The molecule has 1 aliphatic rings. The number of rotatable bonds is 4. The molecule has 5 rings (SSSR count). The summed E-state index contributed by atoms with van der Waals surface area (Å²) in [6.07, 6.45) is 3.38. The van der Waals surface area contributed by atoms with Crippen LogP contribution in [0.3, 0.4) is 0 Å². The van der Waals surface area contributed by atoms with E-state index >= 15 is 0 Å². The van der Waals surface area contributed by atoms with Crippen molar-refractivity contribution < 1.29 is 9.53 Å². The first-order valence-corrected chi connectivity index (χ1v) is 9.89. The molecule has 1 aromatic carbocycles. The zero-order chi connectivity index (χ0) is 19.8. The maximum absolute atomic E-state index is 12.8. The zero-order valence-corrected chi connectivity index (χ0v) is 16.0. The lowest BCUT2D eigenvalue weighted by Crippen LogP contribution is -2.44. The Balaban J connectivity index is 1.41. The van der Waals surface area contributed by atoms with E-state index in [0.717, 1.165) is 10.2 Å². The molecule has 0 radical (unpaired) electrons. The molecule has 2 atom stereocenters. The summed E-state index contributed by atoms with van der Waals surface area (Å²) in [5, 5.41) is 11.6. The molecule has 0 bridgehead atoms. The van der Waals surface area contributed by atoms with Gasteiger partial charge < -0.3 is 10.1 Å². The van der Waals surface area contributed by atoms with E-state index in [4.69, 9.17) is 4.74 Å². The fourth-order valence-corrected chi connectivity index (χ4v) is 4.07. The van der Waals surface area contributed by atoms with Crippen molar-refractivity contribution in [2.75, 3.05) is 13.2 Å². The van der Waals surface area contributed by atoms with Crippen molar-refractivity contribution >= 4 is 27.5 Å². The van der Waals surface area contributed by atoms with Gasteiger partial charge in [0.1, 0.15) is 6.04 Å². The minimum Gasteiger partial charge on any atom is -0.377 e. The molecule has 2 unspecified atom stereocenters. The zero-order valence-electron chi connectivity index (χ0n) is 15.1. The van der Waals surface area contributed by atoms with E-state index in [9.17, 15) is 9.59 Å². The quantitative estimate of drug-likeness (QED) is 0.548. The summed E-state index contributed by atoms with van der Waals surface area (Å²) in [4.78, 5) is 29.4. The summed E-state index contributed by atoms with van der Waals surface area (Å²) in [5.74, 6) is 0.291. The fourth-order valence-electron chi connectivity index (χ4n) is 3.35. The Labute approximate surface area is 168 Å². The number of amides is 1. The first-order valence-electron chi connectivity index (χ1n) is 9.01. The van der Waals surface area contributed by atoms with Gasteiger partial charge in [0.25, 0.3) is 11.5 Å². The number of carbonyl (C=O) groups is 1. The second-order valence-corrected chi connectivity index (χ2v) is 7.53. The minimum atomic E-state index is -0.408. The number of ether oxygens (including phenoxy) is 1. The van der Waals surface area contributed by atoms with Gasteiger partial charge in [-0.2, -0.15) is 5.10 Å². The fraction of sp³-hybridized carbons (Fsp3) is 0.211. The first-order chi connectivity index (χ1) is 14.2. The normalized spacial score (nSPS) is 18.9. The number of nitrogens with one attached hydrogen (secondary N) is 1. The Morgan fingerprint density at radius 2 is 2.17 bits per heavy atom. The molecular formula is C19H16N6O3S. The number of fused-ring (bicyclic) bond motifs is 1. The molecule has 1 amide bonds. The number of thiazole rings is 1. The number of aromatic nitrogens is 5. The van der Waals surface area contributed by atoms with Crippen LogP contribution in [0.1, 0.15) is 16.4 Å². The summed E-state index contributed by atoms with van der Waals surface area (Å²) < 4.78 is 9.44. The average molecular weight is 408 g/mol. The number of carbonyl (C=O) groups excluding carboxylic acids is 1. The Kier molecular flexibility index (Phi) is 4.41. The van der Waals surface area contributed by atoms with Crippen molar-refractivity contribution in [3.8, 4) is 5.82 Å². The molecule has 0 spiro atoms. The maximum Gasteiger partial charge on any atom is 0.267 e. The van der Waals surface area contributed by atoms with E-state index in [1.807, 2.05) is 12.1 Å². The molecule has 3 aromatic heterocycles. The van der Waals surface area contributed by atoms with E-state index in [2.05, 4.69) is 20.5 Å². The van der Waals surface area contributed by atoms with Crippen LogP contribution in [-0.4, -0.2) is 49.7 Å². The van der Waals surface area contributed by atoms with Gasteiger partial charge in [0.2, 0.25) is 0 Å². The molecule has 146 valence electrons. The van der Waals surface area contributed by atoms with Crippen LogP contribution < -0.4 is 10.9 Å². The lowest BCUT2D eigenvalue weighted by Gasteiger charge is -2.20. The molecule has 0 aliphatic carbocycles.